The minimum Gasteiger partial charge on any atom is -0.383 e. The van der Waals surface area contributed by atoms with Gasteiger partial charge in [0.15, 0.2) is 0 Å². The van der Waals surface area contributed by atoms with Crippen molar-refractivity contribution in [3.05, 3.63) is 51.5 Å². The molecule has 5 heteroatoms. The normalized spacial score (nSPS) is 19.8. The van der Waals surface area contributed by atoms with Crippen molar-refractivity contribution < 1.29 is 9.90 Å². The average molecular weight is 342 g/mol. The van der Waals surface area contributed by atoms with E-state index in [1.165, 1.54) is 23.3 Å². The number of carbonyl (C=O) groups is 1. The molecule has 2 aliphatic rings. The summed E-state index contributed by atoms with van der Waals surface area (Å²) in [6.07, 6.45) is 7.37. The van der Waals surface area contributed by atoms with Crippen LogP contribution in [0.3, 0.4) is 0 Å². The first-order valence-corrected chi connectivity index (χ1v) is 9.58. The molecule has 126 valence electrons. The fourth-order valence-electron chi connectivity index (χ4n) is 3.82. The topological polar surface area (TPSA) is 53.4 Å². The lowest BCUT2D eigenvalue weighted by Crippen LogP contribution is -2.45. The van der Waals surface area contributed by atoms with Crippen molar-refractivity contribution in [1.82, 2.24) is 9.88 Å². The Hall–Kier alpha value is -1.72. The summed E-state index contributed by atoms with van der Waals surface area (Å²) in [5, 5.41) is 12.9. The number of hydrogen-bond acceptors (Lipinski definition) is 4. The zero-order valence-corrected chi connectivity index (χ0v) is 14.5. The molecule has 2 aromatic rings. The highest BCUT2D eigenvalue weighted by Crippen LogP contribution is 2.34. The first-order chi connectivity index (χ1) is 11.7. The highest BCUT2D eigenvalue weighted by molar-refractivity contribution is 7.10. The zero-order chi connectivity index (χ0) is 16.6. The smallest absolute Gasteiger partial charge is 0.254 e. The van der Waals surface area contributed by atoms with Gasteiger partial charge in [-0.25, -0.2) is 0 Å². The molecule has 0 spiro atoms. The van der Waals surface area contributed by atoms with Crippen molar-refractivity contribution in [1.29, 1.82) is 0 Å². The van der Waals surface area contributed by atoms with Crippen molar-refractivity contribution in [2.75, 3.05) is 13.1 Å². The Morgan fingerprint density at radius 3 is 2.75 bits per heavy atom. The van der Waals surface area contributed by atoms with E-state index in [0.29, 0.717) is 31.6 Å². The van der Waals surface area contributed by atoms with E-state index in [9.17, 15) is 9.90 Å². The molecule has 1 saturated heterocycles. The van der Waals surface area contributed by atoms with Crippen LogP contribution in [0.2, 0.25) is 0 Å². The van der Waals surface area contributed by atoms with Crippen LogP contribution in [0.25, 0.3) is 0 Å². The number of thiophene rings is 1. The van der Waals surface area contributed by atoms with Crippen LogP contribution in [0.4, 0.5) is 0 Å². The Kier molecular flexibility index (Phi) is 4.14. The minimum absolute atomic E-state index is 0.137. The van der Waals surface area contributed by atoms with Crippen molar-refractivity contribution >= 4 is 17.2 Å². The number of rotatable bonds is 2. The molecule has 0 radical (unpaired) electrons. The summed E-state index contributed by atoms with van der Waals surface area (Å²) in [5.41, 5.74) is 1.98. The van der Waals surface area contributed by atoms with Crippen LogP contribution in [-0.4, -0.2) is 34.0 Å². The van der Waals surface area contributed by atoms with Gasteiger partial charge in [-0.05, 0) is 56.2 Å². The molecule has 1 amide bonds. The first-order valence-electron chi connectivity index (χ1n) is 8.70. The number of likely N-dealkylation sites (tertiary alicyclic amines) is 1. The fraction of sp³-hybridized carbons (Fsp3) is 0.474. The van der Waals surface area contributed by atoms with Gasteiger partial charge in [0.05, 0.1) is 11.3 Å². The van der Waals surface area contributed by atoms with Crippen molar-refractivity contribution in [3.8, 4) is 0 Å². The van der Waals surface area contributed by atoms with Crippen LogP contribution in [0.5, 0.6) is 0 Å². The number of carbonyl (C=O) groups excluding carboxylic acids is 1. The second kappa shape index (κ2) is 6.30. The molecule has 4 nitrogen and oxygen atoms in total. The number of aliphatic hydroxyl groups is 1. The molecular formula is C19H22N2O2S. The molecule has 0 bridgehead atoms. The Morgan fingerprint density at radius 1 is 1.21 bits per heavy atom. The van der Waals surface area contributed by atoms with Crippen LogP contribution in [0, 0.1) is 0 Å². The number of piperidine rings is 1. The van der Waals surface area contributed by atoms with E-state index in [1.807, 2.05) is 28.5 Å². The van der Waals surface area contributed by atoms with Gasteiger partial charge in [0.25, 0.3) is 5.91 Å². The standard InChI is InChI=1S/C19H22N2O2S/c22-18(15-13-24-16-6-2-1-5-14(15)16)21-11-8-19(23,9-12-21)17-7-3-4-10-20-17/h3-4,7,10,13,23H,1-2,5-6,8-9,11-12H2. The maximum Gasteiger partial charge on any atom is 0.254 e. The van der Waals surface area contributed by atoms with Crippen molar-refractivity contribution in [3.63, 3.8) is 0 Å². The molecule has 1 aliphatic heterocycles. The molecule has 0 aromatic carbocycles. The van der Waals surface area contributed by atoms with Gasteiger partial charge in [-0.3, -0.25) is 9.78 Å². The Morgan fingerprint density at radius 2 is 2.00 bits per heavy atom. The third kappa shape index (κ3) is 2.76. The van der Waals surface area contributed by atoms with Crippen LogP contribution in [0.15, 0.2) is 29.8 Å². The van der Waals surface area contributed by atoms with E-state index in [1.54, 1.807) is 17.5 Å². The quantitative estimate of drug-likeness (QED) is 0.912. The van der Waals surface area contributed by atoms with Crippen LogP contribution in [-0.2, 0) is 18.4 Å². The first kappa shape index (κ1) is 15.8. The molecule has 1 fully saturated rings. The van der Waals surface area contributed by atoms with Gasteiger partial charge in [-0.15, -0.1) is 11.3 Å². The predicted octanol–water partition coefficient (Wildman–Crippen LogP) is 3.15. The molecule has 24 heavy (non-hydrogen) atoms. The maximum atomic E-state index is 12.9. The molecule has 1 aliphatic carbocycles. The molecule has 0 unspecified atom stereocenters. The third-order valence-corrected chi connectivity index (χ3v) is 6.40. The molecule has 0 atom stereocenters. The molecular weight excluding hydrogens is 320 g/mol. The number of aryl methyl sites for hydroxylation is 1. The molecule has 4 rings (SSSR count). The van der Waals surface area contributed by atoms with Crippen molar-refractivity contribution in [2.45, 2.75) is 44.1 Å². The van der Waals surface area contributed by atoms with Gasteiger partial charge >= 0.3 is 0 Å². The van der Waals surface area contributed by atoms with Gasteiger partial charge in [0.2, 0.25) is 0 Å². The minimum atomic E-state index is -0.911. The lowest BCUT2D eigenvalue weighted by molar-refractivity contribution is -0.0244. The van der Waals surface area contributed by atoms with E-state index < -0.39 is 5.60 Å². The monoisotopic (exact) mass is 342 g/mol. The van der Waals surface area contributed by atoms with E-state index in [-0.39, 0.29) is 5.91 Å². The highest BCUT2D eigenvalue weighted by atomic mass is 32.1. The Balaban J connectivity index is 1.48. The molecule has 3 heterocycles. The highest BCUT2D eigenvalue weighted by Gasteiger charge is 2.37. The lowest BCUT2D eigenvalue weighted by atomic mass is 9.87. The van der Waals surface area contributed by atoms with Gasteiger partial charge in [0, 0.05) is 29.5 Å². The second-order valence-electron chi connectivity index (χ2n) is 6.80. The summed E-state index contributed by atoms with van der Waals surface area (Å²) in [5.74, 6) is 0.137. The van der Waals surface area contributed by atoms with E-state index >= 15 is 0 Å². The number of nitrogens with zero attached hydrogens (tertiary/aromatic N) is 2. The summed E-state index contributed by atoms with van der Waals surface area (Å²) in [4.78, 5) is 20.5. The second-order valence-corrected chi connectivity index (χ2v) is 7.76. The van der Waals surface area contributed by atoms with Gasteiger partial charge < -0.3 is 10.0 Å². The fourth-order valence-corrected chi connectivity index (χ4v) is 4.94. The zero-order valence-electron chi connectivity index (χ0n) is 13.7. The number of amides is 1. The number of fused-ring (bicyclic) bond motifs is 1. The van der Waals surface area contributed by atoms with Gasteiger partial charge in [-0.1, -0.05) is 6.07 Å². The molecule has 1 N–H and O–H groups in total. The van der Waals surface area contributed by atoms with E-state index in [2.05, 4.69) is 4.98 Å². The Bertz CT molecular complexity index is 733. The predicted molar refractivity (Wildman–Crippen MR) is 94.2 cm³/mol. The number of pyridine rings is 1. The van der Waals surface area contributed by atoms with Gasteiger partial charge in [0.1, 0.15) is 5.60 Å². The lowest BCUT2D eigenvalue weighted by Gasteiger charge is -2.37. The van der Waals surface area contributed by atoms with E-state index in [4.69, 9.17) is 0 Å². The summed E-state index contributed by atoms with van der Waals surface area (Å²) >= 11 is 1.73. The number of hydrogen-bond donors (Lipinski definition) is 1. The summed E-state index contributed by atoms with van der Waals surface area (Å²) in [7, 11) is 0. The SMILES string of the molecule is O=C(c1csc2c1CCCC2)N1CCC(O)(c2ccccn2)CC1. The maximum absolute atomic E-state index is 12.9. The average Bonchev–Trinajstić information content (AvgIpc) is 3.07. The largest absolute Gasteiger partial charge is 0.383 e. The third-order valence-electron chi connectivity index (χ3n) is 5.31. The summed E-state index contributed by atoms with van der Waals surface area (Å²) < 4.78 is 0. The van der Waals surface area contributed by atoms with Crippen molar-refractivity contribution in [2.24, 2.45) is 0 Å². The van der Waals surface area contributed by atoms with Crippen LogP contribution < -0.4 is 0 Å². The molecule has 2 aromatic heterocycles. The van der Waals surface area contributed by atoms with Gasteiger partial charge in [-0.2, -0.15) is 0 Å². The van der Waals surface area contributed by atoms with Crippen LogP contribution >= 0.6 is 11.3 Å². The van der Waals surface area contributed by atoms with Crippen LogP contribution in [0.1, 0.15) is 52.2 Å². The molecule has 0 saturated carbocycles. The summed E-state index contributed by atoms with van der Waals surface area (Å²) in [6, 6.07) is 5.62. The summed E-state index contributed by atoms with van der Waals surface area (Å²) in [6.45, 7) is 1.16. The van der Waals surface area contributed by atoms with E-state index in [0.717, 1.165) is 18.4 Å². The Labute approximate surface area is 146 Å². The number of aromatic nitrogens is 1.